The Bertz CT molecular complexity index is 1480. The van der Waals surface area contributed by atoms with Gasteiger partial charge in [0.1, 0.15) is 12.7 Å². The number of aliphatic hydroxyl groups excluding tert-OH is 1. The molecule has 1 unspecified atom stereocenters. The Kier molecular flexibility index (Phi) is 6.17. The van der Waals surface area contributed by atoms with E-state index in [0.717, 1.165) is 31.3 Å². The number of piperidine rings is 1. The van der Waals surface area contributed by atoms with Crippen LogP contribution in [-0.2, 0) is 0 Å². The van der Waals surface area contributed by atoms with Gasteiger partial charge < -0.3 is 23.7 Å². The number of nitrogens with zero attached hydrogens (tertiary/aromatic N) is 3. The van der Waals surface area contributed by atoms with E-state index in [1.165, 1.54) is 16.3 Å². The van der Waals surface area contributed by atoms with Gasteiger partial charge in [0.2, 0.25) is 11.7 Å². The molecule has 7 nitrogen and oxygen atoms in total. The van der Waals surface area contributed by atoms with E-state index in [1.807, 2.05) is 24.3 Å². The van der Waals surface area contributed by atoms with Gasteiger partial charge in [0, 0.05) is 18.9 Å². The monoisotopic (exact) mass is 483 g/mol. The fraction of sp³-hybridized carbons (Fsp3) is 0.310. The van der Waals surface area contributed by atoms with Crippen LogP contribution in [0.2, 0.25) is 0 Å². The van der Waals surface area contributed by atoms with Crippen LogP contribution in [0.1, 0.15) is 30.2 Å². The van der Waals surface area contributed by atoms with Crippen molar-refractivity contribution < 1.29 is 18.8 Å². The molecule has 1 fully saturated rings. The second-order valence-electron chi connectivity index (χ2n) is 9.57. The number of β-amino-alcohol motifs (C(OH)–C–C–N with tert-alkyl or cyclic N) is 1. The first-order valence-corrected chi connectivity index (χ1v) is 12.5. The number of aryl methyl sites for hydroxylation is 1. The molecule has 0 spiro atoms. The lowest BCUT2D eigenvalue weighted by atomic mass is 9.88. The molecule has 1 atom stereocenters. The second kappa shape index (κ2) is 9.76. The van der Waals surface area contributed by atoms with Crippen molar-refractivity contribution in [2.75, 3.05) is 26.2 Å². The number of para-hydroxylation sites is 1. The Hall–Kier alpha value is -3.68. The van der Waals surface area contributed by atoms with Crippen molar-refractivity contribution in [2.45, 2.75) is 31.8 Å². The number of aliphatic hydroxyl groups is 1. The van der Waals surface area contributed by atoms with Gasteiger partial charge in [-0.15, -0.1) is 0 Å². The molecule has 1 saturated heterocycles. The first kappa shape index (κ1) is 22.8. The highest BCUT2D eigenvalue weighted by atomic mass is 16.5. The van der Waals surface area contributed by atoms with Crippen LogP contribution >= 0.6 is 0 Å². The lowest BCUT2D eigenvalue weighted by Gasteiger charge is -2.33. The minimum Gasteiger partial charge on any atom is -0.487 e. The van der Waals surface area contributed by atoms with Crippen molar-refractivity contribution in [1.29, 1.82) is 0 Å². The van der Waals surface area contributed by atoms with Crippen LogP contribution in [0.3, 0.4) is 0 Å². The molecule has 6 rings (SSSR count). The zero-order valence-corrected chi connectivity index (χ0v) is 20.3. The topological polar surface area (TPSA) is 84.8 Å². The molecule has 184 valence electrons. The number of rotatable bonds is 7. The molecule has 0 amide bonds. The second-order valence-corrected chi connectivity index (χ2v) is 9.57. The third kappa shape index (κ3) is 4.72. The Labute approximate surface area is 209 Å². The van der Waals surface area contributed by atoms with E-state index in [9.17, 15) is 5.11 Å². The Balaban J connectivity index is 1.04. The number of benzene rings is 3. The van der Waals surface area contributed by atoms with Crippen molar-refractivity contribution in [1.82, 2.24) is 15.0 Å². The average molecular weight is 484 g/mol. The molecule has 7 heteroatoms. The number of hydrogen-bond donors (Lipinski definition) is 1. The van der Waals surface area contributed by atoms with Crippen molar-refractivity contribution in [2.24, 2.45) is 0 Å². The van der Waals surface area contributed by atoms with Crippen LogP contribution in [0.4, 0.5) is 0 Å². The van der Waals surface area contributed by atoms with E-state index in [-0.39, 0.29) is 6.61 Å². The van der Waals surface area contributed by atoms with Crippen LogP contribution in [0.15, 0.2) is 75.7 Å². The van der Waals surface area contributed by atoms with Crippen LogP contribution in [0, 0.1) is 6.92 Å². The van der Waals surface area contributed by atoms with Crippen molar-refractivity contribution >= 4 is 21.7 Å². The maximum Gasteiger partial charge on any atom is 0.238 e. The highest BCUT2D eigenvalue weighted by molar-refractivity contribution is 5.86. The molecule has 3 aromatic carbocycles. The van der Waals surface area contributed by atoms with Gasteiger partial charge in [-0.05, 0) is 60.3 Å². The lowest BCUT2D eigenvalue weighted by Crippen LogP contribution is -2.40. The summed E-state index contributed by atoms with van der Waals surface area (Å²) in [6.45, 7) is 4.46. The largest absolute Gasteiger partial charge is 0.487 e. The fourth-order valence-electron chi connectivity index (χ4n) is 5.11. The van der Waals surface area contributed by atoms with Gasteiger partial charge in [-0.1, -0.05) is 59.8 Å². The van der Waals surface area contributed by atoms with Crippen LogP contribution in [0.25, 0.3) is 33.3 Å². The summed E-state index contributed by atoms with van der Waals surface area (Å²) in [5.41, 5.74) is 2.03. The number of furan rings is 1. The summed E-state index contributed by atoms with van der Waals surface area (Å²) >= 11 is 0. The Morgan fingerprint density at radius 2 is 1.81 bits per heavy atom. The number of aromatic nitrogens is 2. The molecule has 0 radical (unpaired) electrons. The zero-order valence-electron chi connectivity index (χ0n) is 20.3. The van der Waals surface area contributed by atoms with E-state index >= 15 is 0 Å². The van der Waals surface area contributed by atoms with Crippen LogP contribution < -0.4 is 4.74 Å². The average Bonchev–Trinajstić information content (AvgIpc) is 3.54. The minimum atomic E-state index is -0.591. The van der Waals surface area contributed by atoms with Crippen molar-refractivity contribution in [3.8, 4) is 17.3 Å². The van der Waals surface area contributed by atoms with E-state index in [2.05, 4.69) is 57.5 Å². The first-order chi connectivity index (χ1) is 17.6. The first-order valence-electron chi connectivity index (χ1n) is 12.5. The normalized spacial score (nSPS) is 16.1. The lowest BCUT2D eigenvalue weighted by molar-refractivity contribution is 0.0596. The molecule has 2 aromatic heterocycles. The van der Waals surface area contributed by atoms with E-state index in [1.54, 1.807) is 6.92 Å². The summed E-state index contributed by atoms with van der Waals surface area (Å²) in [7, 11) is 0. The third-order valence-electron chi connectivity index (χ3n) is 6.99. The van der Waals surface area contributed by atoms with E-state index in [4.69, 9.17) is 13.7 Å². The SMILES string of the molecule is Cc1nc(-c2cc3cccc(OCC(O)CN4CCC(c5ccc6ccccc6c5)CC4)c3o2)no1. The van der Waals surface area contributed by atoms with E-state index < -0.39 is 6.10 Å². The standard InChI is InChI=1S/C29H29N3O4/c1-19-30-29(31-36-19)27-16-24-7-4-8-26(28(24)35-27)34-18-25(33)17-32-13-11-21(12-14-32)23-10-9-20-5-2-3-6-22(20)15-23/h2-10,15-16,21,25,33H,11-14,17-18H2,1H3. The molecule has 5 aromatic rings. The Morgan fingerprint density at radius 1 is 1.00 bits per heavy atom. The number of fused-ring (bicyclic) bond motifs is 2. The number of ether oxygens (including phenoxy) is 1. The molecule has 3 heterocycles. The van der Waals surface area contributed by atoms with Gasteiger partial charge in [0.15, 0.2) is 17.1 Å². The fourth-order valence-corrected chi connectivity index (χ4v) is 5.11. The maximum absolute atomic E-state index is 10.7. The predicted octanol–water partition coefficient (Wildman–Crippen LogP) is 5.56. The van der Waals surface area contributed by atoms with Gasteiger partial charge in [0.05, 0.1) is 0 Å². The number of hydrogen-bond acceptors (Lipinski definition) is 7. The molecule has 0 saturated carbocycles. The molecule has 0 bridgehead atoms. The summed E-state index contributed by atoms with van der Waals surface area (Å²) in [6, 6.07) is 22.9. The molecule has 36 heavy (non-hydrogen) atoms. The van der Waals surface area contributed by atoms with Crippen molar-refractivity contribution in [3.63, 3.8) is 0 Å². The summed E-state index contributed by atoms with van der Waals surface area (Å²) in [5.74, 6) is 2.56. The predicted molar refractivity (Wildman–Crippen MR) is 138 cm³/mol. The summed E-state index contributed by atoms with van der Waals surface area (Å²) in [6.07, 6.45) is 1.60. The van der Waals surface area contributed by atoms with Gasteiger partial charge >= 0.3 is 0 Å². The van der Waals surface area contributed by atoms with Gasteiger partial charge in [0.25, 0.3) is 0 Å². The van der Waals surface area contributed by atoms with Crippen molar-refractivity contribution in [3.05, 3.63) is 78.2 Å². The highest BCUT2D eigenvalue weighted by Crippen LogP contribution is 2.33. The summed E-state index contributed by atoms with van der Waals surface area (Å²) in [5, 5.41) is 18.1. The smallest absolute Gasteiger partial charge is 0.238 e. The molecular formula is C29H29N3O4. The third-order valence-corrected chi connectivity index (χ3v) is 6.99. The summed E-state index contributed by atoms with van der Waals surface area (Å²) < 4.78 is 17.0. The van der Waals surface area contributed by atoms with Gasteiger partial charge in [-0.3, -0.25) is 0 Å². The van der Waals surface area contributed by atoms with E-state index in [0.29, 0.717) is 41.3 Å². The molecule has 1 aliphatic heterocycles. The molecule has 0 aliphatic carbocycles. The molecule has 1 N–H and O–H groups in total. The summed E-state index contributed by atoms with van der Waals surface area (Å²) in [4.78, 5) is 6.55. The maximum atomic E-state index is 10.7. The Morgan fingerprint density at radius 3 is 2.61 bits per heavy atom. The quantitative estimate of drug-likeness (QED) is 0.324. The van der Waals surface area contributed by atoms with Gasteiger partial charge in [-0.25, -0.2) is 0 Å². The number of likely N-dealkylation sites (tertiary alicyclic amines) is 1. The molecular weight excluding hydrogens is 454 g/mol. The van der Waals surface area contributed by atoms with Gasteiger partial charge in [-0.2, -0.15) is 4.98 Å². The molecule has 1 aliphatic rings. The zero-order chi connectivity index (χ0) is 24.5. The highest BCUT2D eigenvalue weighted by Gasteiger charge is 2.23. The van der Waals surface area contributed by atoms with Crippen LogP contribution in [-0.4, -0.2) is 52.5 Å². The van der Waals surface area contributed by atoms with Crippen LogP contribution in [0.5, 0.6) is 5.75 Å². The minimum absolute atomic E-state index is 0.196.